The molecular weight excluding hydrogens is 420 g/mol. The van der Waals surface area contributed by atoms with E-state index in [0.29, 0.717) is 18.8 Å². The summed E-state index contributed by atoms with van der Waals surface area (Å²) >= 11 is 1.54. The van der Waals surface area contributed by atoms with Gasteiger partial charge in [-0.2, -0.15) is 5.10 Å². The van der Waals surface area contributed by atoms with E-state index in [4.69, 9.17) is 10.5 Å². The molecule has 2 heterocycles. The van der Waals surface area contributed by atoms with E-state index in [9.17, 15) is 0 Å². The zero-order valence-electron chi connectivity index (χ0n) is 18.9. The van der Waals surface area contributed by atoms with Gasteiger partial charge in [-0.1, -0.05) is 43.2 Å². The van der Waals surface area contributed by atoms with Crippen LogP contribution in [0.3, 0.4) is 0 Å². The molecule has 0 amide bonds. The number of nitrogens with two attached hydrogens (primary N) is 1. The van der Waals surface area contributed by atoms with Gasteiger partial charge in [0.05, 0.1) is 11.5 Å². The number of unbranched alkanes of at least 4 members (excludes halogenated alkanes) is 1. The quantitative estimate of drug-likeness (QED) is 0.225. The van der Waals surface area contributed by atoms with Crippen molar-refractivity contribution in [1.29, 1.82) is 0 Å². The highest BCUT2D eigenvalue weighted by molar-refractivity contribution is 7.15. The second-order valence-corrected chi connectivity index (χ2v) is 8.49. The standard InChI is InChI=1S/C24H32N6OS/c1-6-9-17(2)16-31-20(5)15-18(3)14-19(4)26-24-30-29-23(32-24)11-8-7-10-21-12-13-22(25)28-27-21/h6,9,12-13,15H,2-4,7-8,10-11,14,16H2,1,5H3,(H2,25,28)(H,26,30)/b9-6-,20-15+. The first-order valence-corrected chi connectivity index (χ1v) is 11.3. The summed E-state index contributed by atoms with van der Waals surface area (Å²) in [6.07, 6.45) is 10.1. The van der Waals surface area contributed by atoms with E-state index in [0.717, 1.165) is 64.1 Å². The van der Waals surface area contributed by atoms with Crippen LogP contribution in [0, 0.1) is 0 Å². The predicted molar refractivity (Wildman–Crippen MR) is 133 cm³/mol. The molecule has 170 valence electrons. The molecule has 0 aliphatic heterocycles. The molecule has 0 saturated carbocycles. The number of aromatic nitrogens is 4. The Morgan fingerprint density at radius 3 is 2.59 bits per heavy atom. The van der Waals surface area contributed by atoms with Gasteiger partial charge in [-0.15, -0.1) is 15.3 Å². The average molecular weight is 453 g/mol. The average Bonchev–Trinajstić information content (AvgIpc) is 3.18. The van der Waals surface area contributed by atoms with Crippen molar-refractivity contribution in [2.45, 2.75) is 46.0 Å². The monoisotopic (exact) mass is 452 g/mol. The van der Waals surface area contributed by atoms with Crippen molar-refractivity contribution in [3.63, 3.8) is 0 Å². The first kappa shape index (κ1) is 25.0. The minimum atomic E-state index is 0.443. The minimum Gasteiger partial charge on any atom is -0.494 e. The van der Waals surface area contributed by atoms with Gasteiger partial charge in [0.1, 0.15) is 17.4 Å². The maximum atomic E-state index is 5.68. The highest BCUT2D eigenvalue weighted by atomic mass is 32.1. The van der Waals surface area contributed by atoms with E-state index < -0.39 is 0 Å². The second-order valence-electron chi connectivity index (χ2n) is 7.42. The number of ether oxygens (including phenoxy) is 1. The summed E-state index contributed by atoms with van der Waals surface area (Å²) < 4.78 is 5.68. The fourth-order valence-electron chi connectivity index (χ4n) is 2.83. The Morgan fingerprint density at radius 2 is 1.88 bits per heavy atom. The van der Waals surface area contributed by atoms with Crippen LogP contribution >= 0.6 is 11.3 Å². The van der Waals surface area contributed by atoms with Crippen LogP contribution < -0.4 is 11.1 Å². The van der Waals surface area contributed by atoms with Crippen LogP contribution in [0.5, 0.6) is 0 Å². The number of hydrogen-bond donors (Lipinski definition) is 2. The summed E-state index contributed by atoms with van der Waals surface area (Å²) in [5.74, 6) is 1.23. The number of aryl methyl sites for hydroxylation is 2. The summed E-state index contributed by atoms with van der Waals surface area (Å²) in [6.45, 7) is 16.4. The molecule has 2 aromatic heterocycles. The lowest BCUT2D eigenvalue weighted by Gasteiger charge is -2.09. The highest BCUT2D eigenvalue weighted by Gasteiger charge is 2.06. The van der Waals surface area contributed by atoms with Crippen LogP contribution in [0.4, 0.5) is 10.9 Å². The smallest absolute Gasteiger partial charge is 0.209 e. The van der Waals surface area contributed by atoms with Crippen LogP contribution in [-0.2, 0) is 17.6 Å². The Labute approximate surface area is 194 Å². The lowest BCUT2D eigenvalue weighted by molar-refractivity contribution is 0.244. The number of nitrogens with zero attached hydrogens (tertiary/aromatic N) is 4. The van der Waals surface area contributed by atoms with Gasteiger partial charge < -0.3 is 15.8 Å². The van der Waals surface area contributed by atoms with Gasteiger partial charge in [0, 0.05) is 18.5 Å². The molecule has 8 heteroatoms. The normalized spacial score (nSPS) is 11.5. The fourth-order valence-corrected chi connectivity index (χ4v) is 3.66. The molecule has 0 atom stereocenters. The molecule has 0 radical (unpaired) electrons. The van der Waals surface area contributed by atoms with Gasteiger partial charge in [-0.3, -0.25) is 0 Å². The lowest BCUT2D eigenvalue weighted by atomic mass is 10.1. The molecule has 0 unspecified atom stereocenters. The molecule has 32 heavy (non-hydrogen) atoms. The first-order chi connectivity index (χ1) is 15.4. The van der Waals surface area contributed by atoms with Crippen molar-refractivity contribution in [2.24, 2.45) is 0 Å². The Balaban J connectivity index is 1.70. The molecule has 0 spiro atoms. The van der Waals surface area contributed by atoms with Gasteiger partial charge in [0.25, 0.3) is 0 Å². The molecule has 0 aromatic carbocycles. The van der Waals surface area contributed by atoms with Crippen LogP contribution in [0.25, 0.3) is 0 Å². The van der Waals surface area contributed by atoms with E-state index in [2.05, 4.69) is 45.4 Å². The summed E-state index contributed by atoms with van der Waals surface area (Å²) in [5.41, 5.74) is 9.13. The molecule has 0 aliphatic rings. The summed E-state index contributed by atoms with van der Waals surface area (Å²) in [4.78, 5) is 0. The van der Waals surface area contributed by atoms with Crippen LogP contribution in [-0.4, -0.2) is 27.0 Å². The van der Waals surface area contributed by atoms with Crippen molar-refractivity contribution in [3.05, 3.63) is 83.4 Å². The Kier molecular flexibility index (Phi) is 10.3. The Bertz CT molecular complexity index is 975. The van der Waals surface area contributed by atoms with Gasteiger partial charge in [-0.05, 0) is 62.5 Å². The molecule has 2 aromatic rings. The summed E-state index contributed by atoms with van der Waals surface area (Å²) in [6, 6.07) is 3.69. The number of allylic oxidation sites excluding steroid dienone is 4. The van der Waals surface area contributed by atoms with Gasteiger partial charge in [-0.25, -0.2) is 0 Å². The predicted octanol–water partition coefficient (Wildman–Crippen LogP) is 5.40. The molecule has 2 rings (SSSR count). The molecular formula is C24H32N6OS. The third kappa shape index (κ3) is 9.70. The minimum absolute atomic E-state index is 0.443. The lowest BCUT2D eigenvalue weighted by Crippen LogP contribution is -1.99. The van der Waals surface area contributed by atoms with Crippen LogP contribution in [0.1, 0.15) is 43.8 Å². The van der Waals surface area contributed by atoms with E-state index in [1.165, 1.54) is 0 Å². The van der Waals surface area contributed by atoms with Crippen LogP contribution in [0.15, 0.2) is 72.7 Å². The van der Waals surface area contributed by atoms with Crippen molar-refractivity contribution >= 4 is 22.3 Å². The zero-order chi connectivity index (χ0) is 23.3. The number of nitrogen functional groups attached to an aromatic ring is 1. The third-order valence-corrected chi connectivity index (χ3v) is 5.20. The number of nitrogens with one attached hydrogen (secondary N) is 1. The largest absolute Gasteiger partial charge is 0.494 e. The molecule has 0 bridgehead atoms. The van der Waals surface area contributed by atoms with E-state index in [-0.39, 0.29) is 0 Å². The van der Waals surface area contributed by atoms with Gasteiger partial charge in [0.2, 0.25) is 5.13 Å². The zero-order valence-corrected chi connectivity index (χ0v) is 19.7. The highest BCUT2D eigenvalue weighted by Crippen LogP contribution is 2.21. The maximum Gasteiger partial charge on any atom is 0.209 e. The molecule has 3 N–H and O–H groups in total. The topological polar surface area (TPSA) is 98.8 Å². The van der Waals surface area contributed by atoms with Gasteiger partial charge >= 0.3 is 0 Å². The number of anilines is 2. The van der Waals surface area contributed by atoms with Crippen molar-refractivity contribution in [2.75, 3.05) is 17.7 Å². The van der Waals surface area contributed by atoms with Crippen molar-refractivity contribution < 1.29 is 4.74 Å². The summed E-state index contributed by atoms with van der Waals surface area (Å²) in [7, 11) is 0. The van der Waals surface area contributed by atoms with E-state index in [1.54, 1.807) is 17.4 Å². The van der Waals surface area contributed by atoms with Crippen molar-refractivity contribution in [3.8, 4) is 0 Å². The second kappa shape index (κ2) is 13.2. The Hall–Kier alpha value is -3.26. The first-order valence-electron chi connectivity index (χ1n) is 10.5. The Morgan fingerprint density at radius 1 is 1.09 bits per heavy atom. The van der Waals surface area contributed by atoms with E-state index >= 15 is 0 Å². The van der Waals surface area contributed by atoms with Crippen molar-refractivity contribution in [1.82, 2.24) is 20.4 Å². The number of hydrogen-bond acceptors (Lipinski definition) is 8. The SMILES string of the molecule is C=C(/C=C\C)CO/C(C)=C/C(=C)CC(=C)Nc1nnc(CCCCc2ccc(N)nn2)s1. The fraction of sp³-hybridized carbons (Fsp3) is 0.333. The maximum absolute atomic E-state index is 5.68. The molecule has 0 aliphatic carbocycles. The van der Waals surface area contributed by atoms with Crippen LogP contribution in [0.2, 0.25) is 0 Å². The van der Waals surface area contributed by atoms with E-state index in [1.807, 2.05) is 38.1 Å². The number of rotatable bonds is 14. The summed E-state index contributed by atoms with van der Waals surface area (Å²) in [5, 5.41) is 21.4. The molecule has 7 nitrogen and oxygen atoms in total. The molecule has 0 saturated heterocycles. The van der Waals surface area contributed by atoms with Gasteiger partial charge in [0.15, 0.2) is 0 Å². The third-order valence-electron chi connectivity index (χ3n) is 4.30. The molecule has 0 fully saturated rings.